The lowest BCUT2D eigenvalue weighted by atomic mass is 10.1. The van der Waals surface area contributed by atoms with Crippen LogP contribution in [0.3, 0.4) is 0 Å². The second-order valence-corrected chi connectivity index (χ2v) is 15.7. The van der Waals surface area contributed by atoms with Crippen molar-refractivity contribution in [3.63, 3.8) is 0 Å². The van der Waals surface area contributed by atoms with Crippen LogP contribution < -0.4 is 0 Å². The van der Waals surface area contributed by atoms with E-state index < -0.39 is 13.9 Å². The van der Waals surface area contributed by atoms with Crippen LogP contribution in [0.5, 0.6) is 0 Å². The monoisotopic (exact) mass is 739 g/mol. The van der Waals surface area contributed by atoms with Crippen LogP contribution in [0.4, 0.5) is 0 Å². The molecule has 0 rings (SSSR count). The van der Waals surface area contributed by atoms with E-state index in [1.807, 2.05) is 21.1 Å². The van der Waals surface area contributed by atoms with E-state index in [4.69, 9.17) is 18.5 Å². The highest BCUT2D eigenvalue weighted by Gasteiger charge is 2.26. The molecule has 2 atom stereocenters. The lowest BCUT2D eigenvalue weighted by Gasteiger charge is -2.24. The van der Waals surface area contributed by atoms with E-state index in [0.717, 1.165) is 77.0 Å². The highest BCUT2D eigenvalue weighted by molar-refractivity contribution is 7.47. The van der Waals surface area contributed by atoms with E-state index in [9.17, 15) is 14.3 Å². The third kappa shape index (κ3) is 39.2. The van der Waals surface area contributed by atoms with Crippen LogP contribution in [-0.2, 0) is 27.9 Å². The zero-order valence-electron chi connectivity index (χ0n) is 33.3. The Kier molecular flexibility index (Phi) is 34.0. The Bertz CT molecular complexity index is 1000. The van der Waals surface area contributed by atoms with E-state index in [1.165, 1.54) is 44.9 Å². The fraction of sp³-hybridized carbons (Fsp3) is 0.738. The van der Waals surface area contributed by atoms with Gasteiger partial charge in [-0.1, -0.05) is 120 Å². The van der Waals surface area contributed by atoms with Gasteiger partial charge in [0.25, 0.3) is 0 Å². The topological polar surface area (TPSA) is 91.3 Å². The predicted molar refractivity (Wildman–Crippen MR) is 215 cm³/mol. The van der Waals surface area contributed by atoms with Crippen LogP contribution in [0.1, 0.15) is 142 Å². The first-order chi connectivity index (χ1) is 24.6. The number of ether oxygens (including phenoxy) is 2. The molecule has 0 fully saturated rings. The molecule has 9 heteroatoms. The van der Waals surface area contributed by atoms with Gasteiger partial charge in [-0.3, -0.25) is 13.8 Å². The number of quaternary nitrogens is 1. The third-order valence-corrected chi connectivity index (χ3v) is 9.05. The SMILES string of the molecule is CC/C=C\C/C=C\C/C=C\CCCCCC(=O)OC(COCCCCCCCC/C=C\C/C=C\CCCCC)COP(=O)(O)OCC[N+](C)(C)C. The first kappa shape index (κ1) is 49.2. The average Bonchev–Trinajstić information content (AvgIpc) is 3.08. The molecule has 0 saturated carbocycles. The zero-order chi connectivity index (χ0) is 37.7. The van der Waals surface area contributed by atoms with Gasteiger partial charge in [0.2, 0.25) is 0 Å². The van der Waals surface area contributed by atoms with Gasteiger partial charge >= 0.3 is 13.8 Å². The molecule has 0 aromatic carbocycles. The summed E-state index contributed by atoms with van der Waals surface area (Å²) >= 11 is 0. The smallest absolute Gasteiger partial charge is 0.457 e. The molecule has 0 amide bonds. The van der Waals surface area contributed by atoms with Crippen LogP contribution >= 0.6 is 7.82 Å². The minimum absolute atomic E-state index is 0.0777. The number of phosphoric ester groups is 1. The molecule has 0 aliphatic rings. The summed E-state index contributed by atoms with van der Waals surface area (Å²) < 4.78 is 34.8. The molecular weight excluding hydrogens is 661 g/mol. The van der Waals surface area contributed by atoms with Crippen molar-refractivity contribution in [3.05, 3.63) is 60.8 Å². The number of hydrogen-bond donors (Lipinski definition) is 1. The highest BCUT2D eigenvalue weighted by Crippen LogP contribution is 2.43. The molecule has 0 saturated heterocycles. The van der Waals surface area contributed by atoms with E-state index in [-0.39, 0.29) is 32.2 Å². The number of nitrogens with zero attached hydrogens (tertiary/aromatic N) is 1. The van der Waals surface area contributed by atoms with Crippen molar-refractivity contribution in [2.75, 3.05) is 54.1 Å². The lowest BCUT2D eigenvalue weighted by molar-refractivity contribution is -0.870. The van der Waals surface area contributed by atoms with Crippen LogP contribution in [-0.4, -0.2) is 75.6 Å². The second-order valence-electron chi connectivity index (χ2n) is 14.3. The van der Waals surface area contributed by atoms with Gasteiger partial charge in [0.15, 0.2) is 0 Å². The molecule has 2 unspecified atom stereocenters. The summed E-state index contributed by atoms with van der Waals surface area (Å²) in [5.74, 6) is -0.350. The highest BCUT2D eigenvalue weighted by atomic mass is 31.2. The molecule has 1 N–H and O–H groups in total. The second kappa shape index (κ2) is 35.2. The normalized spacial score (nSPS) is 14.5. The minimum Gasteiger partial charge on any atom is -0.457 e. The van der Waals surface area contributed by atoms with Crippen molar-refractivity contribution in [1.82, 2.24) is 0 Å². The maximum absolute atomic E-state index is 12.6. The summed E-state index contributed by atoms with van der Waals surface area (Å²) in [5.41, 5.74) is 0. The Hall–Kier alpha value is -1.80. The maximum atomic E-state index is 12.6. The molecular formula is C42H77NO7P+. The molecule has 296 valence electrons. The third-order valence-electron chi connectivity index (χ3n) is 8.06. The van der Waals surface area contributed by atoms with Crippen LogP contribution in [0.25, 0.3) is 0 Å². The molecule has 0 aliphatic carbocycles. The number of esters is 1. The Morgan fingerprint density at radius 2 is 1.14 bits per heavy atom. The van der Waals surface area contributed by atoms with Crippen LogP contribution in [0, 0.1) is 0 Å². The van der Waals surface area contributed by atoms with E-state index in [1.54, 1.807) is 0 Å². The summed E-state index contributed by atoms with van der Waals surface area (Å²) in [6.07, 6.45) is 42.5. The minimum atomic E-state index is -4.28. The van der Waals surface area contributed by atoms with Gasteiger partial charge in [0.1, 0.15) is 19.3 Å². The van der Waals surface area contributed by atoms with Gasteiger partial charge in [-0.05, 0) is 77.0 Å². The van der Waals surface area contributed by atoms with Crippen LogP contribution in [0.2, 0.25) is 0 Å². The quantitative estimate of drug-likeness (QED) is 0.0225. The van der Waals surface area contributed by atoms with Crippen molar-refractivity contribution in [2.24, 2.45) is 0 Å². The number of rotatable bonds is 36. The standard InChI is InChI=1S/C42H76NO7P/c1-6-8-10-12-14-16-18-20-21-22-24-26-28-30-32-34-37-47-39-41(40-49-51(45,46)48-38-36-43(3,4)5)50-42(44)35-33-31-29-27-25-23-19-17-15-13-11-9-7-2/h9,11,14-17,20-21,23,25,41H,6-8,10,12-13,18-19,22,24,26-40H2,1-5H3/p+1/b11-9-,16-14-,17-15-,21-20-,25-23-. The Labute approximate surface area is 313 Å². The number of likely N-dealkylation sites (N-methyl/N-ethyl adjacent to an activating group) is 1. The van der Waals surface area contributed by atoms with Crippen molar-refractivity contribution >= 4 is 13.8 Å². The van der Waals surface area contributed by atoms with E-state index in [2.05, 4.69) is 74.6 Å². The molecule has 0 aromatic rings. The van der Waals surface area contributed by atoms with Crippen molar-refractivity contribution in [1.29, 1.82) is 0 Å². The zero-order valence-corrected chi connectivity index (χ0v) is 34.2. The molecule has 0 heterocycles. The summed E-state index contributed by atoms with van der Waals surface area (Å²) in [4.78, 5) is 22.8. The fourth-order valence-electron chi connectivity index (χ4n) is 4.95. The average molecular weight is 739 g/mol. The van der Waals surface area contributed by atoms with Crippen molar-refractivity contribution in [3.8, 4) is 0 Å². The molecule has 0 radical (unpaired) electrons. The van der Waals surface area contributed by atoms with Gasteiger partial charge in [0, 0.05) is 13.0 Å². The summed E-state index contributed by atoms with van der Waals surface area (Å²) in [5, 5.41) is 0. The largest absolute Gasteiger partial charge is 0.472 e. The van der Waals surface area contributed by atoms with Gasteiger partial charge in [-0.15, -0.1) is 0 Å². The van der Waals surface area contributed by atoms with E-state index in [0.29, 0.717) is 17.6 Å². The first-order valence-corrected chi connectivity index (χ1v) is 21.5. The Morgan fingerprint density at radius 3 is 1.71 bits per heavy atom. The first-order valence-electron chi connectivity index (χ1n) is 20.0. The van der Waals surface area contributed by atoms with Crippen molar-refractivity contribution in [2.45, 2.75) is 148 Å². The van der Waals surface area contributed by atoms with E-state index >= 15 is 0 Å². The molecule has 0 aromatic heterocycles. The maximum Gasteiger partial charge on any atom is 0.472 e. The van der Waals surface area contributed by atoms with Gasteiger partial charge in [-0.25, -0.2) is 4.57 Å². The number of unbranched alkanes of at least 4 members (excludes halogenated alkanes) is 12. The molecule has 0 aliphatic heterocycles. The van der Waals surface area contributed by atoms with Crippen molar-refractivity contribution < 1.29 is 37.3 Å². The summed E-state index contributed by atoms with van der Waals surface area (Å²) in [6.45, 7) is 5.39. The summed E-state index contributed by atoms with van der Waals surface area (Å²) in [6, 6.07) is 0. The van der Waals surface area contributed by atoms with Gasteiger partial charge in [-0.2, -0.15) is 0 Å². The van der Waals surface area contributed by atoms with Gasteiger partial charge in [0.05, 0.1) is 34.4 Å². The number of phosphoric acid groups is 1. The molecule has 0 bridgehead atoms. The number of allylic oxidation sites excluding steroid dienone is 10. The molecule has 51 heavy (non-hydrogen) atoms. The predicted octanol–water partition coefficient (Wildman–Crippen LogP) is 11.4. The van der Waals surface area contributed by atoms with Crippen LogP contribution in [0.15, 0.2) is 60.8 Å². The molecule has 0 spiro atoms. The lowest BCUT2D eigenvalue weighted by Crippen LogP contribution is -2.37. The fourth-order valence-corrected chi connectivity index (χ4v) is 5.69. The summed E-state index contributed by atoms with van der Waals surface area (Å²) in [7, 11) is 1.63. The molecule has 8 nitrogen and oxygen atoms in total. The Balaban J connectivity index is 4.35. The van der Waals surface area contributed by atoms with Gasteiger partial charge < -0.3 is 18.9 Å². The number of carbonyl (C=O) groups excluding carboxylic acids is 1. The number of carbonyl (C=O) groups is 1. The Morgan fingerprint density at radius 1 is 0.627 bits per heavy atom. The number of hydrogen-bond acceptors (Lipinski definition) is 6.